The normalized spacial score (nSPS) is 18.8. The molecule has 2 aromatic carbocycles. The van der Waals surface area contributed by atoms with E-state index in [2.05, 4.69) is 21.3 Å². The summed E-state index contributed by atoms with van der Waals surface area (Å²) in [4.78, 5) is 18.7. The lowest BCUT2D eigenvalue weighted by Crippen LogP contribution is -2.41. The van der Waals surface area contributed by atoms with Crippen LogP contribution in [0.3, 0.4) is 0 Å². The van der Waals surface area contributed by atoms with E-state index in [-0.39, 0.29) is 12.7 Å². The third-order valence-corrected chi connectivity index (χ3v) is 5.34. The molecular weight excluding hydrogens is 384 g/mol. The molecule has 0 bridgehead atoms. The molecule has 0 radical (unpaired) electrons. The molecule has 4 rings (SSSR count). The van der Waals surface area contributed by atoms with Gasteiger partial charge in [0, 0.05) is 24.7 Å². The van der Waals surface area contributed by atoms with Gasteiger partial charge in [0.05, 0.1) is 7.11 Å². The van der Waals surface area contributed by atoms with E-state index in [0.29, 0.717) is 11.5 Å². The maximum atomic E-state index is 12.3. The van der Waals surface area contributed by atoms with Gasteiger partial charge in [0.25, 0.3) is 0 Å². The summed E-state index contributed by atoms with van der Waals surface area (Å²) < 4.78 is 15.9. The highest BCUT2D eigenvalue weighted by Gasteiger charge is 2.24. The Balaban J connectivity index is 1.34. The fraction of sp³-hybridized carbons (Fsp3) is 0.364. The van der Waals surface area contributed by atoms with Crippen LogP contribution >= 0.6 is 0 Å². The first-order valence-electron chi connectivity index (χ1n) is 10.0. The monoisotopic (exact) mass is 410 g/mol. The molecule has 158 valence electrons. The molecule has 2 aromatic rings. The lowest BCUT2D eigenvalue weighted by Gasteiger charge is -2.32. The molecule has 0 aromatic heterocycles. The van der Waals surface area contributed by atoms with Crippen LogP contribution in [-0.4, -0.2) is 43.8 Å². The zero-order valence-electron chi connectivity index (χ0n) is 17.0. The summed E-state index contributed by atoms with van der Waals surface area (Å²) >= 11 is 0. The van der Waals surface area contributed by atoms with Crippen molar-refractivity contribution >= 4 is 17.6 Å². The number of carbonyl (C=O) groups excluding carboxylic acids is 1. The van der Waals surface area contributed by atoms with Crippen molar-refractivity contribution in [3.8, 4) is 17.2 Å². The lowest BCUT2D eigenvalue weighted by molar-refractivity contribution is 0.173. The number of aliphatic imine (C=N–C) groups is 1. The van der Waals surface area contributed by atoms with Gasteiger partial charge in [0.2, 0.25) is 6.79 Å². The van der Waals surface area contributed by atoms with Crippen LogP contribution in [0.1, 0.15) is 18.4 Å². The van der Waals surface area contributed by atoms with Crippen LogP contribution in [0.2, 0.25) is 0 Å². The number of carbonyl (C=O) groups is 1. The largest absolute Gasteiger partial charge is 0.497 e. The fourth-order valence-corrected chi connectivity index (χ4v) is 3.77. The highest BCUT2D eigenvalue weighted by Crippen LogP contribution is 2.33. The zero-order valence-corrected chi connectivity index (χ0v) is 17.0. The minimum atomic E-state index is -0.467. The number of nitrogens with two attached hydrogens (primary N) is 1. The van der Waals surface area contributed by atoms with Gasteiger partial charge in [-0.25, -0.2) is 4.79 Å². The van der Waals surface area contributed by atoms with E-state index >= 15 is 0 Å². The minimum absolute atomic E-state index is 0.0503. The molecule has 1 fully saturated rings. The second-order valence-corrected chi connectivity index (χ2v) is 7.46. The highest BCUT2D eigenvalue weighted by atomic mass is 16.7. The summed E-state index contributed by atoms with van der Waals surface area (Å²) in [5.41, 5.74) is 7.99. The lowest BCUT2D eigenvalue weighted by atomic mass is 9.96. The second kappa shape index (κ2) is 9.04. The summed E-state index contributed by atoms with van der Waals surface area (Å²) in [5.74, 6) is 2.72. The van der Waals surface area contributed by atoms with Gasteiger partial charge in [-0.3, -0.25) is 4.90 Å². The first kappa shape index (κ1) is 20.0. The van der Waals surface area contributed by atoms with E-state index in [1.165, 1.54) is 0 Å². The van der Waals surface area contributed by atoms with E-state index in [1.807, 2.05) is 12.1 Å². The van der Waals surface area contributed by atoms with Gasteiger partial charge >= 0.3 is 6.03 Å². The quantitative estimate of drug-likeness (QED) is 0.580. The van der Waals surface area contributed by atoms with Crippen molar-refractivity contribution in [1.82, 2.24) is 4.90 Å². The molecule has 2 aliphatic heterocycles. The molecule has 30 heavy (non-hydrogen) atoms. The molecule has 8 nitrogen and oxygen atoms in total. The van der Waals surface area contributed by atoms with Crippen molar-refractivity contribution < 1.29 is 19.0 Å². The third-order valence-electron chi connectivity index (χ3n) is 5.34. The Morgan fingerprint density at radius 1 is 1.23 bits per heavy atom. The predicted octanol–water partition coefficient (Wildman–Crippen LogP) is 3.23. The summed E-state index contributed by atoms with van der Waals surface area (Å²) in [6, 6.07) is 12.6. The van der Waals surface area contributed by atoms with Gasteiger partial charge in [-0.1, -0.05) is 6.07 Å². The summed E-state index contributed by atoms with van der Waals surface area (Å²) in [6.07, 6.45) is 1.92. The average molecular weight is 410 g/mol. The van der Waals surface area contributed by atoms with Crippen LogP contribution in [0.4, 0.5) is 10.5 Å². The maximum Gasteiger partial charge on any atom is 0.347 e. The molecule has 1 saturated heterocycles. The van der Waals surface area contributed by atoms with Crippen LogP contribution in [0, 0.1) is 5.92 Å². The van der Waals surface area contributed by atoms with Gasteiger partial charge in [0.15, 0.2) is 11.5 Å². The average Bonchev–Trinajstić information content (AvgIpc) is 3.22. The SMILES string of the molecule is COc1ccc(NC(=O)/N=C(\N)C2CCCN(Cc3ccc4c(c3)OCO4)C2)cc1. The Kier molecular flexibility index (Phi) is 6.04. The van der Waals surface area contributed by atoms with Gasteiger partial charge in [-0.2, -0.15) is 4.99 Å². The van der Waals surface area contributed by atoms with Crippen molar-refractivity contribution in [3.63, 3.8) is 0 Å². The molecule has 2 amide bonds. The highest BCUT2D eigenvalue weighted by molar-refractivity contribution is 6.00. The number of likely N-dealkylation sites (tertiary alicyclic amines) is 1. The number of nitrogens with zero attached hydrogens (tertiary/aromatic N) is 2. The molecular formula is C22H26N4O4. The van der Waals surface area contributed by atoms with Gasteiger partial charge in [-0.05, 0) is 61.3 Å². The molecule has 0 spiro atoms. The van der Waals surface area contributed by atoms with E-state index in [9.17, 15) is 4.79 Å². The molecule has 3 N–H and O–H groups in total. The van der Waals surface area contributed by atoms with E-state index in [0.717, 1.165) is 55.3 Å². The number of piperidine rings is 1. The maximum absolute atomic E-state index is 12.3. The molecule has 2 heterocycles. The van der Waals surface area contributed by atoms with Crippen molar-refractivity contribution in [2.75, 3.05) is 32.3 Å². The van der Waals surface area contributed by atoms with E-state index < -0.39 is 6.03 Å². The number of fused-ring (bicyclic) bond motifs is 1. The first-order valence-corrected chi connectivity index (χ1v) is 10.0. The topological polar surface area (TPSA) is 98.4 Å². The zero-order chi connectivity index (χ0) is 20.9. The van der Waals surface area contributed by atoms with Crippen molar-refractivity contribution in [3.05, 3.63) is 48.0 Å². The van der Waals surface area contributed by atoms with Gasteiger partial charge < -0.3 is 25.3 Å². The predicted molar refractivity (Wildman–Crippen MR) is 114 cm³/mol. The van der Waals surface area contributed by atoms with Crippen molar-refractivity contribution in [2.24, 2.45) is 16.6 Å². The molecule has 8 heteroatoms. The van der Waals surface area contributed by atoms with Crippen LogP contribution in [0.25, 0.3) is 0 Å². The number of amidine groups is 1. The third kappa shape index (κ3) is 4.83. The van der Waals surface area contributed by atoms with E-state index in [1.54, 1.807) is 31.4 Å². The number of nitrogens with one attached hydrogen (secondary N) is 1. The number of benzene rings is 2. The van der Waals surface area contributed by atoms with Crippen LogP contribution in [-0.2, 0) is 6.54 Å². The number of rotatable bonds is 5. The van der Waals surface area contributed by atoms with Crippen LogP contribution < -0.4 is 25.3 Å². The Morgan fingerprint density at radius 2 is 2.03 bits per heavy atom. The molecule has 0 aliphatic carbocycles. The van der Waals surface area contributed by atoms with Crippen LogP contribution in [0.15, 0.2) is 47.5 Å². The minimum Gasteiger partial charge on any atom is -0.497 e. The summed E-state index contributed by atoms with van der Waals surface area (Å²) in [6.45, 7) is 2.81. The smallest absolute Gasteiger partial charge is 0.347 e. The standard InChI is InChI=1S/C22H26N4O4/c1-28-18-7-5-17(6-8-18)24-22(27)25-21(23)16-3-2-10-26(13-16)12-15-4-9-19-20(11-15)30-14-29-19/h4-9,11,16H,2-3,10,12-14H2,1H3,(H3,23,24,25,27). The summed E-state index contributed by atoms with van der Waals surface area (Å²) in [7, 11) is 1.60. The molecule has 2 aliphatic rings. The van der Waals surface area contributed by atoms with Gasteiger partial charge in [0.1, 0.15) is 11.6 Å². The number of methoxy groups -OCH3 is 1. The Bertz CT molecular complexity index is 929. The fourth-order valence-electron chi connectivity index (χ4n) is 3.77. The molecule has 0 saturated carbocycles. The number of ether oxygens (including phenoxy) is 3. The second-order valence-electron chi connectivity index (χ2n) is 7.46. The molecule has 1 unspecified atom stereocenters. The number of anilines is 1. The van der Waals surface area contributed by atoms with Crippen molar-refractivity contribution in [2.45, 2.75) is 19.4 Å². The first-order chi connectivity index (χ1) is 14.6. The number of urea groups is 1. The molecule has 1 atom stereocenters. The Morgan fingerprint density at radius 3 is 2.83 bits per heavy atom. The number of hydrogen-bond donors (Lipinski definition) is 2. The number of hydrogen-bond acceptors (Lipinski definition) is 5. The number of amides is 2. The van der Waals surface area contributed by atoms with Crippen LogP contribution in [0.5, 0.6) is 17.2 Å². The van der Waals surface area contributed by atoms with Crippen molar-refractivity contribution in [1.29, 1.82) is 0 Å². The summed E-state index contributed by atoms with van der Waals surface area (Å²) in [5, 5.41) is 2.74. The Labute approximate surface area is 175 Å². The Hall–Kier alpha value is -3.26. The van der Waals surface area contributed by atoms with Gasteiger partial charge in [-0.15, -0.1) is 0 Å². The van der Waals surface area contributed by atoms with E-state index in [4.69, 9.17) is 19.9 Å².